The van der Waals surface area contributed by atoms with Gasteiger partial charge >= 0.3 is 0 Å². The highest BCUT2D eigenvalue weighted by Crippen LogP contribution is 2.31. The number of aromatic amines is 1. The number of aryl methyl sites for hydroxylation is 2. The second kappa shape index (κ2) is 20.4. The van der Waals surface area contributed by atoms with Crippen LogP contribution in [0.5, 0.6) is 5.75 Å². The molecule has 2 aliphatic rings. The smallest absolute Gasteiger partial charge is 0.254 e. The van der Waals surface area contributed by atoms with Gasteiger partial charge in [-0.15, -0.1) is 0 Å². The predicted octanol–water partition coefficient (Wildman–Crippen LogP) is 7.24. The quantitative estimate of drug-likeness (QED) is 0.116. The van der Waals surface area contributed by atoms with Gasteiger partial charge in [0.15, 0.2) is 22.9 Å². The molecule has 0 spiro atoms. The zero-order valence-corrected chi connectivity index (χ0v) is 40.2. The summed E-state index contributed by atoms with van der Waals surface area (Å²) in [5.74, 6) is 2.18. The molecule has 9 aromatic rings. The molecule has 6 aromatic heterocycles. The third-order valence-electron chi connectivity index (χ3n) is 12.9. The van der Waals surface area contributed by atoms with E-state index in [4.69, 9.17) is 24.2 Å². The Balaban J connectivity index is 0.000000169. The number of methoxy groups -OCH3 is 1. The summed E-state index contributed by atoms with van der Waals surface area (Å²) in [6.45, 7) is 13.3. The monoisotopic (exact) mass is 954 g/mol. The number of anilines is 2. The van der Waals surface area contributed by atoms with Crippen LogP contribution >= 0.6 is 0 Å². The predicted molar refractivity (Wildman–Crippen MR) is 270 cm³/mol. The number of pyridine rings is 2. The SMILES string of the molecule is COc1ccc(Cn2cnc3c(N[C@@H](C)c4cc5cccc(C(=O)N6CCOCC6)c5c(C)n4)ncnc32)cc1.Cc1nc([C@H](C)Nc2ncnc3nc[nH]c23)cc2cccc(C(=O)N3CCOCC3)c12. The van der Waals surface area contributed by atoms with Gasteiger partial charge in [-0.1, -0.05) is 36.4 Å². The van der Waals surface area contributed by atoms with Gasteiger partial charge < -0.3 is 44.2 Å². The van der Waals surface area contributed by atoms with E-state index in [1.165, 1.54) is 6.33 Å². The molecular formula is C52H54N14O5. The summed E-state index contributed by atoms with van der Waals surface area (Å²) in [4.78, 5) is 69.2. The number of hydrogen-bond donors (Lipinski definition) is 3. The molecule has 2 atom stereocenters. The number of H-pyrrole nitrogens is 1. The number of morpholine rings is 2. The molecule has 362 valence electrons. The van der Waals surface area contributed by atoms with Crippen LogP contribution in [0.2, 0.25) is 0 Å². The Morgan fingerprint density at radius 3 is 1.82 bits per heavy atom. The summed E-state index contributed by atoms with van der Waals surface area (Å²) in [5.41, 5.74) is 8.64. The molecule has 2 fully saturated rings. The zero-order chi connectivity index (χ0) is 49.0. The van der Waals surface area contributed by atoms with E-state index in [0.717, 1.165) is 66.8 Å². The highest BCUT2D eigenvalue weighted by molar-refractivity contribution is 6.09. The van der Waals surface area contributed by atoms with Crippen LogP contribution in [0.4, 0.5) is 11.6 Å². The Bertz CT molecular complexity index is 3380. The Morgan fingerprint density at radius 1 is 0.690 bits per heavy atom. The molecule has 19 nitrogen and oxygen atoms in total. The highest BCUT2D eigenvalue weighted by atomic mass is 16.5. The van der Waals surface area contributed by atoms with Crippen molar-refractivity contribution in [1.29, 1.82) is 0 Å². The molecule has 8 heterocycles. The zero-order valence-electron chi connectivity index (χ0n) is 40.2. The largest absolute Gasteiger partial charge is 0.497 e. The number of nitrogens with one attached hydrogen (secondary N) is 3. The van der Waals surface area contributed by atoms with E-state index in [-0.39, 0.29) is 23.9 Å². The van der Waals surface area contributed by atoms with E-state index in [2.05, 4.69) is 45.5 Å². The molecule has 3 N–H and O–H groups in total. The third-order valence-corrected chi connectivity index (χ3v) is 12.9. The molecular weight excluding hydrogens is 901 g/mol. The second-order valence-corrected chi connectivity index (χ2v) is 17.6. The van der Waals surface area contributed by atoms with Crippen molar-refractivity contribution in [3.05, 3.63) is 138 Å². The van der Waals surface area contributed by atoms with Gasteiger partial charge in [-0.05, 0) is 80.4 Å². The summed E-state index contributed by atoms with van der Waals surface area (Å²) in [6.07, 6.45) is 6.42. The summed E-state index contributed by atoms with van der Waals surface area (Å²) in [7, 11) is 1.66. The fourth-order valence-corrected chi connectivity index (χ4v) is 9.21. The van der Waals surface area contributed by atoms with Gasteiger partial charge in [-0.25, -0.2) is 29.9 Å². The standard InChI is InChI=1S/C30H31N7O3.C22H23N7O2/c1-19(25-15-22-5-4-6-24(26(22)20(2)34-25)30(38)36-11-13-40-14-12-36)35-28-27-29(32-17-31-28)37(18-33-27)16-21-7-9-23(39-3)10-8-21;1-13(28-21-19-20(24-11-23-19)25-12-26-21)17-10-15-4-3-5-16(18(15)14(2)27-17)22(30)29-6-8-31-9-7-29/h4-10,15,17-19H,11-14,16H2,1-3H3,(H,31,32,35);3-5,10-13H,6-9H2,1-2H3,(H2,23,24,25,26,28)/t19-;13-/m00/s1. The van der Waals surface area contributed by atoms with Crippen LogP contribution in [-0.2, 0) is 16.0 Å². The van der Waals surface area contributed by atoms with Crippen molar-refractivity contribution < 1.29 is 23.8 Å². The molecule has 2 saturated heterocycles. The first-order valence-corrected chi connectivity index (χ1v) is 23.6. The van der Waals surface area contributed by atoms with E-state index in [1.807, 2.05) is 115 Å². The number of benzene rings is 3. The Morgan fingerprint density at radius 2 is 1.24 bits per heavy atom. The second-order valence-electron chi connectivity index (χ2n) is 17.6. The third kappa shape index (κ3) is 9.73. The molecule has 11 rings (SSSR count). The van der Waals surface area contributed by atoms with Crippen LogP contribution in [-0.4, -0.2) is 131 Å². The van der Waals surface area contributed by atoms with Crippen LogP contribution in [0, 0.1) is 13.8 Å². The normalized spacial score (nSPS) is 14.8. The molecule has 2 aliphatic heterocycles. The van der Waals surface area contributed by atoms with Crippen molar-refractivity contribution >= 4 is 67.3 Å². The van der Waals surface area contributed by atoms with E-state index < -0.39 is 0 Å². The van der Waals surface area contributed by atoms with Crippen molar-refractivity contribution in [1.82, 2.24) is 59.2 Å². The van der Waals surface area contributed by atoms with Gasteiger partial charge in [-0.3, -0.25) is 19.6 Å². The summed E-state index contributed by atoms with van der Waals surface area (Å²) >= 11 is 0. The summed E-state index contributed by atoms with van der Waals surface area (Å²) in [5, 5.41) is 10.6. The van der Waals surface area contributed by atoms with E-state index in [0.29, 0.717) is 93.1 Å². The number of fused-ring (bicyclic) bond motifs is 4. The number of carbonyl (C=O) groups excluding carboxylic acids is 2. The van der Waals surface area contributed by atoms with Gasteiger partial charge in [0.05, 0.1) is 76.2 Å². The van der Waals surface area contributed by atoms with Crippen molar-refractivity contribution in [2.24, 2.45) is 0 Å². The maximum atomic E-state index is 13.3. The van der Waals surface area contributed by atoms with Gasteiger partial charge in [0.1, 0.15) is 29.4 Å². The average molecular weight is 955 g/mol. The fraction of sp³-hybridized carbons (Fsp3) is 0.308. The van der Waals surface area contributed by atoms with Crippen LogP contribution < -0.4 is 15.4 Å². The molecule has 0 aliphatic carbocycles. The first-order chi connectivity index (χ1) is 34.6. The highest BCUT2D eigenvalue weighted by Gasteiger charge is 2.25. The first kappa shape index (κ1) is 46.6. The first-order valence-electron chi connectivity index (χ1n) is 23.6. The molecule has 19 heteroatoms. The number of nitrogens with zero attached hydrogens (tertiary/aromatic N) is 11. The lowest BCUT2D eigenvalue weighted by atomic mass is 10.0. The average Bonchev–Trinajstić information content (AvgIpc) is 4.07. The van der Waals surface area contributed by atoms with E-state index in [1.54, 1.807) is 26.1 Å². The molecule has 71 heavy (non-hydrogen) atoms. The molecule has 0 unspecified atom stereocenters. The number of carbonyl (C=O) groups is 2. The summed E-state index contributed by atoms with van der Waals surface area (Å²) < 4.78 is 18.1. The van der Waals surface area contributed by atoms with Gasteiger partial charge in [0.2, 0.25) is 0 Å². The lowest BCUT2D eigenvalue weighted by Gasteiger charge is -2.27. The van der Waals surface area contributed by atoms with Crippen LogP contribution in [0.15, 0.2) is 98.1 Å². The van der Waals surface area contributed by atoms with Gasteiger partial charge in [0, 0.05) is 59.5 Å². The van der Waals surface area contributed by atoms with E-state index >= 15 is 0 Å². The minimum Gasteiger partial charge on any atom is -0.497 e. The number of ether oxygens (including phenoxy) is 3. The van der Waals surface area contributed by atoms with Gasteiger partial charge in [0.25, 0.3) is 11.8 Å². The minimum absolute atomic E-state index is 0.0197. The van der Waals surface area contributed by atoms with Crippen molar-refractivity contribution in [3.63, 3.8) is 0 Å². The Kier molecular flexibility index (Phi) is 13.4. The Hall–Kier alpha value is -8.16. The maximum Gasteiger partial charge on any atom is 0.254 e. The Labute approximate surface area is 409 Å². The number of imidazole rings is 2. The topological polar surface area (TPSA) is 216 Å². The number of hydrogen-bond acceptors (Lipinski definition) is 15. The minimum atomic E-state index is -0.161. The van der Waals surface area contributed by atoms with Gasteiger partial charge in [-0.2, -0.15) is 0 Å². The fourth-order valence-electron chi connectivity index (χ4n) is 9.21. The van der Waals surface area contributed by atoms with Crippen LogP contribution in [0.25, 0.3) is 43.9 Å². The molecule has 0 radical (unpaired) electrons. The molecule has 2 amide bonds. The van der Waals surface area contributed by atoms with Crippen LogP contribution in [0.3, 0.4) is 0 Å². The maximum absolute atomic E-state index is 13.3. The number of aromatic nitrogens is 10. The lowest BCUT2D eigenvalue weighted by Crippen LogP contribution is -2.40. The van der Waals surface area contributed by atoms with Crippen molar-refractivity contribution in [2.75, 3.05) is 70.3 Å². The van der Waals surface area contributed by atoms with Crippen LogP contribution in [0.1, 0.15) is 75.0 Å². The molecule has 0 bridgehead atoms. The number of amides is 2. The molecule has 0 saturated carbocycles. The van der Waals surface area contributed by atoms with Crippen molar-refractivity contribution in [2.45, 2.75) is 46.3 Å². The van der Waals surface area contributed by atoms with E-state index in [9.17, 15) is 9.59 Å². The number of rotatable bonds is 11. The van der Waals surface area contributed by atoms with Crippen molar-refractivity contribution in [3.8, 4) is 5.75 Å². The molecule has 3 aromatic carbocycles. The lowest BCUT2D eigenvalue weighted by molar-refractivity contribution is 0.0302. The summed E-state index contributed by atoms with van der Waals surface area (Å²) in [6, 6.07) is 23.4.